The summed E-state index contributed by atoms with van der Waals surface area (Å²) < 4.78 is 25.2. The van der Waals surface area contributed by atoms with Gasteiger partial charge < -0.3 is 5.73 Å². The van der Waals surface area contributed by atoms with E-state index in [0.29, 0.717) is 5.92 Å². The SMILES string of the molecule is Cl.NCC1CCN(Cc2cccc(C(F)F)c2)CC1. The van der Waals surface area contributed by atoms with Crippen molar-refractivity contribution in [2.75, 3.05) is 19.6 Å². The lowest BCUT2D eigenvalue weighted by molar-refractivity contribution is 0.150. The van der Waals surface area contributed by atoms with Gasteiger partial charge in [0.15, 0.2) is 0 Å². The average Bonchev–Trinajstić information content (AvgIpc) is 2.40. The Labute approximate surface area is 119 Å². The first-order valence-corrected chi connectivity index (χ1v) is 6.48. The fraction of sp³-hybridized carbons (Fsp3) is 0.571. The van der Waals surface area contributed by atoms with Crippen LogP contribution in [-0.4, -0.2) is 24.5 Å². The maximum atomic E-state index is 12.6. The summed E-state index contributed by atoms with van der Waals surface area (Å²) in [5.41, 5.74) is 6.74. The van der Waals surface area contributed by atoms with Gasteiger partial charge in [-0.2, -0.15) is 0 Å². The molecule has 1 aliphatic rings. The first kappa shape index (κ1) is 16.3. The number of nitrogens with zero attached hydrogens (tertiary/aromatic N) is 1. The maximum Gasteiger partial charge on any atom is 0.263 e. The van der Waals surface area contributed by atoms with Crippen LogP contribution in [0.4, 0.5) is 8.78 Å². The zero-order valence-electron chi connectivity index (χ0n) is 10.9. The summed E-state index contributed by atoms with van der Waals surface area (Å²) >= 11 is 0. The second-order valence-corrected chi connectivity index (χ2v) is 5.00. The molecule has 0 radical (unpaired) electrons. The molecular formula is C14H21ClF2N2. The fourth-order valence-corrected chi connectivity index (χ4v) is 2.47. The Morgan fingerprint density at radius 1 is 1.26 bits per heavy atom. The Morgan fingerprint density at radius 2 is 1.95 bits per heavy atom. The Hall–Kier alpha value is -0.710. The fourth-order valence-electron chi connectivity index (χ4n) is 2.47. The van der Waals surface area contributed by atoms with Crippen LogP contribution in [0.15, 0.2) is 24.3 Å². The molecule has 0 amide bonds. The normalized spacial score (nSPS) is 17.5. The summed E-state index contributed by atoms with van der Waals surface area (Å²) in [6.45, 7) is 3.55. The monoisotopic (exact) mass is 290 g/mol. The van der Waals surface area contributed by atoms with E-state index in [4.69, 9.17) is 5.73 Å². The van der Waals surface area contributed by atoms with E-state index < -0.39 is 6.43 Å². The molecule has 0 aromatic heterocycles. The van der Waals surface area contributed by atoms with Crippen molar-refractivity contribution in [2.24, 2.45) is 11.7 Å². The minimum atomic E-state index is -2.38. The molecule has 0 spiro atoms. The van der Waals surface area contributed by atoms with Gasteiger partial charge >= 0.3 is 0 Å². The second kappa shape index (κ2) is 7.78. The lowest BCUT2D eigenvalue weighted by Gasteiger charge is -2.31. The van der Waals surface area contributed by atoms with E-state index in [-0.39, 0.29) is 18.0 Å². The van der Waals surface area contributed by atoms with E-state index >= 15 is 0 Å². The quantitative estimate of drug-likeness (QED) is 0.922. The predicted molar refractivity (Wildman–Crippen MR) is 75.7 cm³/mol. The summed E-state index contributed by atoms with van der Waals surface area (Å²) in [7, 11) is 0. The highest BCUT2D eigenvalue weighted by atomic mass is 35.5. The van der Waals surface area contributed by atoms with Crippen LogP contribution in [-0.2, 0) is 6.54 Å². The number of piperidine rings is 1. The van der Waals surface area contributed by atoms with E-state index in [2.05, 4.69) is 4.90 Å². The Kier molecular flexibility index (Phi) is 6.69. The van der Waals surface area contributed by atoms with Crippen LogP contribution in [0.3, 0.4) is 0 Å². The third-order valence-corrected chi connectivity index (χ3v) is 3.65. The number of alkyl halides is 2. The molecular weight excluding hydrogens is 270 g/mol. The number of hydrogen-bond acceptors (Lipinski definition) is 2. The number of likely N-dealkylation sites (tertiary alicyclic amines) is 1. The zero-order chi connectivity index (χ0) is 13.0. The van der Waals surface area contributed by atoms with Crippen molar-refractivity contribution >= 4 is 12.4 Å². The van der Waals surface area contributed by atoms with Gasteiger partial charge in [-0.1, -0.05) is 18.2 Å². The van der Waals surface area contributed by atoms with Gasteiger partial charge in [0.2, 0.25) is 0 Å². The van der Waals surface area contributed by atoms with Crippen LogP contribution in [0.25, 0.3) is 0 Å². The van der Waals surface area contributed by atoms with Crippen molar-refractivity contribution in [3.05, 3.63) is 35.4 Å². The molecule has 108 valence electrons. The third-order valence-electron chi connectivity index (χ3n) is 3.65. The van der Waals surface area contributed by atoms with Crippen molar-refractivity contribution < 1.29 is 8.78 Å². The minimum Gasteiger partial charge on any atom is -0.330 e. The summed E-state index contributed by atoms with van der Waals surface area (Å²) in [5, 5.41) is 0. The lowest BCUT2D eigenvalue weighted by Crippen LogP contribution is -2.35. The summed E-state index contributed by atoms with van der Waals surface area (Å²) in [5.74, 6) is 0.633. The molecule has 2 nitrogen and oxygen atoms in total. The number of rotatable bonds is 4. The molecule has 1 heterocycles. The highest BCUT2D eigenvalue weighted by Crippen LogP contribution is 2.22. The van der Waals surface area contributed by atoms with Gasteiger partial charge in [-0.05, 0) is 50.0 Å². The van der Waals surface area contributed by atoms with Crippen molar-refractivity contribution in [3.63, 3.8) is 0 Å². The molecule has 0 aliphatic carbocycles. The summed E-state index contributed by atoms with van der Waals surface area (Å²) in [4.78, 5) is 2.32. The standard InChI is InChI=1S/C14H20F2N2.ClH/c15-14(16)13-3-1-2-12(8-13)10-18-6-4-11(9-17)5-7-18;/h1-3,8,11,14H,4-7,9-10,17H2;1H. The van der Waals surface area contributed by atoms with Crippen molar-refractivity contribution in [3.8, 4) is 0 Å². The van der Waals surface area contributed by atoms with Gasteiger partial charge in [0.1, 0.15) is 0 Å². The first-order valence-electron chi connectivity index (χ1n) is 6.48. The maximum absolute atomic E-state index is 12.6. The van der Waals surface area contributed by atoms with Crippen LogP contribution in [0.1, 0.15) is 30.4 Å². The van der Waals surface area contributed by atoms with Crippen molar-refractivity contribution in [1.29, 1.82) is 0 Å². The number of benzene rings is 1. The topological polar surface area (TPSA) is 29.3 Å². The molecule has 1 aliphatic heterocycles. The molecule has 0 atom stereocenters. The molecule has 1 fully saturated rings. The summed E-state index contributed by atoms with van der Waals surface area (Å²) in [6.07, 6.45) is -0.149. The average molecular weight is 291 g/mol. The predicted octanol–water partition coefficient (Wildman–Crippen LogP) is 3.22. The molecule has 5 heteroatoms. The molecule has 0 bridgehead atoms. The molecule has 1 aromatic carbocycles. The van der Waals surface area contributed by atoms with Crippen LogP contribution in [0.2, 0.25) is 0 Å². The smallest absolute Gasteiger partial charge is 0.263 e. The number of hydrogen-bond donors (Lipinski definition) is 1. The highest BCUT2D eigenvalue weighted by molar-refractivity contribution is 5.85. The minimum absolute atomic E-state index is 0. The molecule has 2 rings (SSSR count). The largest absolute Gasteiger partial charge is 0.330 e. The van der Waals surface area contributed by atoms with Crippen LogP contribution >= 0.6 is 12.4 Å². The molecule has 19 heavy (non-hydrogen) atoms. The Morgan fingerprint density at radius 3 is 2.53 bits per heavy atom. The van der Waals surface area contributed by atoms with Crippen molar-refractivity contribution in [1.82, 2.24) is 4.90 Å². The number of halogens is 3. The van der Waals surface area contributed by atoms with E-state index in [9.17, 15) is 8.78 Å². The Balaban J connectivity index is 0.00000180. The van der Waals surface area contributed by atoms with Gasteiger partial charge in [-0.15, -0.1) is 12.4 Å². The van der Waals surface area contributed by atoms with E-state index in [1.54, 1.807) is 12.1 Å². The van der Waals surface area contributed by atoms with Crippen molar-refractivity contribution in [2.45, 2.75) is 25.8 Å². The molecule has 0 saturated carbocycles. The molecule has 1 saturated heterocycles. The van der Waals surface area contributed by atoms with Gasteiger partial charge in [-0.25, -0.2) is 8.78 Å². The molecule has 0 unspecified atom stereocenters. The second-order valence-electron chi connectivity index (χ2n) is 5.00. The molecule has 2 N–H and O–H groups in total. The summed E-state index contributed by atoms with van der Waals surface area (Å²) in [6, 6.07) is 6.72. The van der Waals surface area contributed by atoms with Crippen LogP contribution in [0.5, 0.6) is 0 Å². The zero-order valence-corrected chi connectivity index (χ0v) is 11.7. The molecule has 1 aromatic rings. The Bertz CT molecular complexity index is 379. The van der Waals surface area contributed by atoms with Gasteiger partial charge in [0.25, 0.3) is 6.43 Å². The highest BCUT2D eigenvalue weighted by Gasteiger charge is 2.18. The lowest BCUT2D eigenvalue weighted by atomic mass is 9.97. The third kappa shape index (κ3) is 4.71. The van der Waals surface area contributed by atoms with Gasteiger partial charge in [0, 0.05) is 12.1 Å². The number of nitrogens with two attached hydrogens (primary N) is 1. The van der Waals surface area contributed by atoms with Gasteiger partial charge in [0.05, 0.1) is 0 Å². The van der Waals surface area contributed by atoms with Crippen LogP contribution < -0.4 is 5.73 Å². The van der Waals surface area contributed by atoms with E-state index in [0.717, 1.165) is 44.6 Å². The van der Waals surface area contributed by atoms with Crippen LogP contribution in [0, 0.1) is 5.92 Å². The van der Waals surface area contributed by atoms with Gasteiger partial charge in [-0.3, -0.25) is 4.90 Å². The van der Waals surface area contributed by atoms with E-state index in [1.807, 2.05) is 6.07 Å². The van der Waals surface area contributed by atoms with E-state index in [1.165, 1.54) is 6.07 Å². The first-order chi connectivity index (χ1) is 8.69.